The highest BCUT2D eigenvalue weighted by molar-refractivity contribution is 5.80. The first-order chi connectivity index (χ1) is 6.83. The highest BCUT2D eigenvalue weighted by Gasteiger charge is 2.21. The third kappa shape index (κ3) is 1.31. The Labute approximate surface area is 82.2 Å². The number of benzene rings is 1. The quantitative estimate of drug-likeness (QED) is 0.683. The third-order valence-corrected chi connectivity index (χ3v) is 2.89. The van der Waals surface area contributed by atoms with E-state index in [9.17, 15) is 4.39 Å². The average molecular weight is 189 g/mol. The Hall–Kier alpha value is -1.31. The molecule has 1 aliphatic rings. The lowest BCUT2D eigenvalue weighted by molar-refractivity contribution is 0.622. The minimum absolute atomic E-state index is 0.145. The van der Waals surface area contributed by atoms with Crippen LogP contribution >= 0.6 is 0 Å². The molecule has 1 fully saturated rings. The Kier molecular flexibility index (Phi) is 1.63. The standard InChI is InChI=1S/C12H12FN/c13-11-4-3-10-5-6-14(12(10)7-11)8-9-1-2-9/h3-7,9H,1-2,8H2. The second-order valence-corrected chi connectivity index (χ2v) is 4.11. The predicted octanol–water partition coefficient (Wildman–Crippen LogP) is 3.19. The van der Waals surface area contributed by atoms with E-state index in [1.165, 1.54) is 18.9 Å². The zero-order chi connectivity index (χ0) is 9.54. The number of hydrogen-bond acceptors (Lipinski definition) is 0. The molecule has 72 valence electrons. The summed E-state index contributed by atoms with van der Waals surface area (Å²) < 4.78 is 15.2. The molecule has 0 amide bonds. The molecule has 2 aromatic rings. The van der Waals surface area contributed by atoms with Crippen LogP contribution in [0.5, 0.6) is 0 Å². The molecule has 0 bridgehead atoms. The summed E-state index contributed by atoms with van der Waals surface area (Å²) in [4.78, 5) is 0. The highest BCUT2D eigenvalue weighted by atomic mass is 19.1. The van der Waals surface area contributed by atoms with Crippen LogP contribution in [0.25, 0.3) is 10.9 Å². The van der Waals surface area contributed by atoms with Gasteiger partial charge in [-0.05, 0) is 48.4 Å². The molecule has 1 aromatic carbocycles. The number of halogens is 1. The Morgan fingerprint density at radius 3 is 2.93 bits per heavy atom. The largest absolute Gasteiger partial charge is 0.347 e. The van der Waals surface area contributed by atoms with E-state index >= 15 is 0 Å². The molecule has 0 saturated heterocycles. The minimum Gasteiger partial charge on any atom is -0.347 e. The molecule has 1 nitrogen and oxygen atoms in total. The second kappa shape index (κ2) is 2.84. The lowest BCUT2D eigenvalue weighted by Gasteiger charge is -2.03. The van der Waals surface area contributed by atoms with Gasteiger partial charge in [-0.25, -0.2) is 4.39 Å². The molecule has 0 unspecified atom stereocenters. The van der Waals surface area contributed by atoms with Gasteiger partial charge in [-0.3, -0.25) is 0 Å². The smallest absolute Gasteiger partial charge is 0.125 e. The van der Waals surface area contributed by atoms with Gasteiger partial charge in [0.15, 0.2) is 0 Å². The van der Waals surface area contributed by atoms with Gasteiger partial charge in [0.05, 0.1) is 5.52 Å². The first-order valence-electron chi connectivity index (χ1n) is 5.07. The molecule has 2 heteroatoms. The van der Waals surface area contributed by atoms with E-state index in [0.717, 1.165) is 23.4 Å². The number of hydrogen-bond donors (Lipinski definition) is 0. The van der Waals surface area contributed by atoms with E-state index in [2.05, 4.69) is 16.8 Å². The van der Waals surface area contributed by atoms with Crippen LogP contribution in [0, 0.1) is 11.7 Å². The summed E-state index contributed by atoms with van der Waals surface area (Å²) in [5, 5.41) is 1.13. The Morgan fingerprint density at radius 1 is 1.29 bits per heavy atom. The van der Waals surface area contributed by atoms with E-state index in [1.807, 2.05) is 6.07 Å². The summed E-state index contributed by atoms with van der Waals surface area (Å²) in [5.41, 5.74) is 1.02. The maximum atomic E-state index is 13.0. The zero-order valence-corrected chi connectivity index (χ0v) is 7.91. The van der Waals surface area contributed by atoms with Crippen molar-refractivity contribution in [2.75, 3.05) is 0 Å². The van der Waals surface area contributed by atoms with Crippen molar-refractivity contribution in [1.29, 1.82) is 0 Å². The second-order valence-electron chi connectivity index (χ2n) is 4.11. The molecule has 0 aliphatic heterocycles. The van der Waals surface area contributed by atoms with Gasteiger partial charge in [0.1, 0.15) is 5.82 Å². The van der Waals surface area contributed by atoms with Gasteiger partial charge in [-0.15, -0.1) is 0 Å². The molecule has 0 N–H and O–H groups in total. The van der Waals surface area contributed by atoms with Crippen LogP contribution < -0.4 is 0 Å². The molecule has 1 aromatic heterocycles. The van der Waals surface area contributed by atoms with Gasteiger partial charge in [0.25, 0.3) is 0 Å². The summed E-state index contributed by atoms with van der Waals surface area (Å²) in [7, 11) is 0. The topological polar surface area (TPSA) is 4.93 Å². The van der Waals surface area contributed by atoms with Crippen molar-refractivity contribution in [2.24, 2.45) is 5.92 Å². The molecule has 1 saturated carbocycles. The summed E-state index contributed by atoms with van der Waals surface area (Å²) in [6.07, 6.45) is 4.71. The van der Waals surface area contributed by atoms with Crippen molar-refractivity contribution in [2.45, 2.75) is 19.4 Å². The first-order valence-corrected chi connectivity index (χ1v) is 5.07. The normalized spacial score (nSPS) is 16.4. The Bertz CT molecular complexity index is 468. The minimum atomic E-state index is -0.145. The maximum Gasteiger partial charge on any atom is 0.125 e. The summed E-state index contributed by atoms with van der Waals surface area (Å²) in [6.45, 7) is 1.05. The van der Waals surface area contributed by atoms with Crippen molar-refractivity contribution in [3.63, 3.8) is 0 Å². The molecule has 0 spiro atoms. The molecule has 1 heterocycles. The van der Waals surface area contributed by atoms with Crippen molar-refractivity contribution in [3.05, 3.63) is 36.3 Å². The van der Waals surface area contributed by atoms with Gasteiger partial charge in [0, 0.05) is 12.7 Å². The lowest BCUT2D eigenvalue weighted by Crippen LogP contribution is -1.97. The Balaban J connectivity index is 2.08. The fourth-order valence-electron chi connectivity index (χ4n) is 1.89. The first kappa shape index (κ1) is 8.04. The van der Waals surface area contributed by atoms with Crippen molar-refractivity contribution >= 4 is 10.9 Å². The number of rotatable bonds is 2. The Morgan fingerprint density at radius 2 is 2.14 bits per heavy atom. The zero-order valence-electron chi connectivity index (χ0n) is 7.91. The van der Waals surface area contributed by atoms with Crippen LogP contribution in [0.15, 0.2) is 30.5 Å². The fraction of sp³-hybridized carbons (Fsp3) is 0.333. The highest BCUT2D eigenvalue weighted by Crippen LogP contribution is 2.32. The third-order valence-electron chi connectivity index (χ3n) is 2.89. The predicted molar refractivity (Wildman–Crippen MR) is 54.6 cm³/mol. The number of aromatic nitrogens is 1. The van der Waals surface area contributed by atoms with Gasteiger partial charge in [-0.2, -0.15) is 0 Å². The number of nitrogens with zero attached hydrogens (tertiary/aromatic N) is 1. The van der Waals surface area contributed by atoms with Crippen LogP contribution in [-0.2, 0) is 6.54 Å². The monoisotopic (exact) mass is 189 g/mol. The van der Waals surface area contributed by atoms with Crippen LogP contribution in [0.2, 0.25) is 0 Å². The summed E-state index contributed by atoms with van der Waals surface area (Å²) in [5.74, 6) is 0.683. The van der Waals surface area contributed by atoms with E-state index in [1.54, 1.807) is 6.07 Å². The molecular formula is C12H12FN. The van der Waals surface area contributed by atoms with Crippen molar-refractivity contribution in [3.8, 4) is 0 Å². The number of fused-ring (bicyclic) bond motifs is 1. The van der Waals surface area contributed by atoms with Crippen LogP contribution in [0.3, 0.4) is 0 Å². The molecule has 1 aliphatic carbocycles. The molecule has 14 heavy (non-hydrogen) atoms. The fourth-order valence-corrected chi connectivity index (χ4v) is 1.89. The average Bonchev–Trinajstić information content (AvgIpc) is 2.90. The van der Waals surface area contributed by atoms with E-state index in [4.69, 9.17) is 0 Å². The van der Waals surface area contributed by atoms with Crippen LogP contribution in [0.1, 0.15) is 12.8 Å². The molecule has 3 rings (SSSR count). The van der Waals surface area contributed by atoms with Gasteiger partial charge < -0.3 is 4.57 Å². The summed E-state index contributed by atoms with van der Waals surface area (Å²) in [6, 6.07) is 7.03. The molecule has 0 atom stereocenters. The van der Waals surface area contributed by atoms with E-state index in [0.29, 0.717) is 0 Å². The SMILES string of the molecule is Fc1ccc2ccn(CC3CC3)c2c1. The molecule has 0 radical (unpaired) electrons. The maximum absolute atomic E-state index is 13.0. The van der Waals surface area contributed by atoms with Gasteiger partial charge in [0.2, 0.25) is 0 Å². The van der Waals surface area contributed by atoms with Gasteiger partial charge >= 0.3 is 0 Å². The van der Waals surface area contributed by atoms with E-state index in [-0.39, 0.29) is 5.82 Å². The summed E-state index contributed by atoms with van der Waals surface area (Å²) >= 11 is 0. The van der Waals surface area contributed by atoms with Crippen LogP contribution in [-0.4, -0.2) is 4.57 Å². The van der Waals surface area contributed by atoms with Gasteiger partial charge in [-0.1, -0.05) is 0 Å². The van der Waals surface area contributed by atoms with Crippen molar-refractivity contribution < 1.29 is 4.39 Å². The van der Waals surface area contributed by atoms with E-state index < -0.39 is 0 Å². The van der Waals surface area contributed by atoms with Crippen LogP contribution in [0.4, 0.5) is 4.39 Å². The van der Waals surface area contributed by atoms with Crippen molar-refractivity contribution in [1.82, 2.24) is 4.57 Å². The molecular weight excluding hydrogens is 177 g/mol. The lowest BCUT2D eigenvalue weighted by atomic mass is 10.2.